The van der Waals surface area contributed by atoms with E-state index in [-0.39, 0.29) is 11.9 Å². The largest absolute Gasteiger partial charge is 0.497 e. The maximum absolute atomic E-state index is 12.9. The number of carbonyl (C=O) groups is 1. The maximum Gasteiger partial charge on any atom is 0.277 e. The molecule has 1 aliphatic rings. The molecule has 1 saturated heterocycles. The second-order valence-electron chi connectivity index (χ2n) is 7.41. The number of amides is 1. The first-order valence-electron chi connectivity index (χ1n) is 10.3. The molecule has 4 rings (SSSR count). The van der Waals surface area contributed by atoms with Crippen LogP contribution in [-0.4, -0.2) is 50.6 Å². The first kappa shape index (κ1) is 20.4. The molecule has 156 valence electrons. The molecule has 0 saturated carbocycles. The van der Waals surface area contributed by atoms with Gasteiger partial charge in [0.15, 0.2) is 6.54 Å². The Balaban J connectivity index is 1.33. The molecule has 0 spiro atoms. The zero-order chi connectivity index (χ0) is 20.8. The Hall–Kier alpha value is -2.83. The third-order valence-corrected chi connectivity index (χ3v) is 6.56. The Bertz CT molecular complexity index is 921. The van der Waals surface area contributed by atoms with E-state index in [9.17, 15) is 4.79 Å². The minimum absolute atomic E-state index is 0.163. The molecule has 2 heterocycles. The summed E-state index contributed by atoms with van der Waals surface area (Å²) in [5, 5.41) is 4.26. The fraction of sp³-hybridized carbons (Fsp3) is 0.292. The highest BCUT2D eigenvalue weighted by molar-refractivity contribution is 7.10. The predicted molar refractivity (Wildman–Crippen MR) is 121 cm³/mol. The van der Waals surface area contributed by atoms with E-state index in [2.05, 4.69) is 64.1 Å². The smallest absolute Gasteiger partial charge is 0.277 e. The lowest BCUT2D eigenvalue weighted by molar-refractivity contribution is -0.676. The van der Waals surface area contributed by atoms with Crippen molar-refractivity contribution in [3.63, 3.8) is 0 Å². The lowest BCUT2D eigenvalue weighted by Gasteiger charge is -2.36. The standard InChI is InChI=1S/C24H27N3O2S/c1-29-21-11-9-20(10-12-21)26-13-15-27(16-14-26)23(28)18-25-24(22-8-5-17-30-22)19-6-3-2-4-7-19/h2-12,17,24-25H,13-16,18H2,1H3/p+1/t24-/m1/s1. The Morgan fingerprint density at radius 2 is 1.73 bits per heavy atom. The van der Waals surface area contributed by atoms with Gasteiger partial charge in [0.1, 0.15) is 11.8 Å². The highest BCUT2D eigenvalue weighted by atomic mass is 32.1. The first-order valence-corrected chi connectivity index (χ1v) is 11.2. The van der Waals surface area contributed by atoms with Gasteiger partial charge in [0, 0.05) is 37.4 Å². The van der Waals surface area contributed by atoms with Gasteiger partial charge in [-0.1, -0.05) is 36.4 Å². The number of anilines is 1. The highest BCUT2D eigenvalue weighted by Crippen LogP contribution is 2.23. The van der Waals surface area contributed by atoms with E-state index < -0.39 is 0 Å². The van der Waals surface area contributed by atoms with Crippen molar-refractivity contribution in [2.45, 2.75) is 6.04 Å². The summed E-state index contributed by atoms with van der Waals surface area (Å²) in [5.41, 5.74) is 2.41. The lowest BCUT2D eigenvalue weighted by Crippen LogP contribution is -2.87. The topological polar surface area (TPSA) is 49.4 Å². The zero-order valence-corrected chi connectivity index (χ0v) is 18.1. The molecule has 0 unspecified atom stereocenters. The van der Waals surface area contributed by atoms with Crippen molar-refractivity contribution in [2.24, 2.45) is 0 Å². The van der Waals surface area contributed by atoms with Crippen LogP contribution in [0.4, 0.5) is 5.69 Å². The molecule has 0 aliphatic carbocycles. The van der Waals surface area contributed by atoms with Gasteiger partial charge < -0.3 is 19.9 Å². The third kappa shape index (κ3) is 4.83. The third-order valence-electron chi connectivity index (χ3n) is 5.61. The maximum atomic E-state index is 12.9. The van der Waals surface area contributed by atoms with E-state index in [1.165, 1.54) is 16.1 Å². The van der Waals surface area contributed by atoms with Crippen LogP contribution in [0.15, 0.2) is 72.1 Å². The van der Waals surface area contributed by atoms with Gasteiger partial charge in [-0.25, -0.2) is 0 Å². The number of nitrogens with zero attached hydrogens (tertiary/aromatic N) is 2. The van der Waals surface area contributed by atoms with Crippen molar-refractivity contribution >= 4 is 22.9 Å². The molecule has 2 aromatic carbocycles. The number of nitrogens with two attached hydrogens (primary N) is 1. The quantitative estimate of drug-likeness (QED) is 0.637. The highest BCUT2D eigenvalue weighted by Gasteiger charge is 2.25. The minimum Gasteiger partial charge on any atom is -0.497 e. The van der Waals surface area contributed by atoms with Crippen molar-refractivity contribution in [3.05, 3.63) is 82.6 Å². The number of hydrogen-bond donors (Lipinski definition) is 1. The number of rotatable bonds is 7. The van der Waals surface area contributed by atoms with E-state index in [4.69, 9.17) is 4.74 Å². The van der Waals surface area contributed by atoms with Crippen molar-refractivity contribution in [1.82, 2.24) is 4.90 Å². The SMILES string of the molecule is COc1ccc(N2CCN(C(=O)C[NH2+][C@H](c3ccccc3)c3cccs3)CC2)cc1. The van der Waals surface area contributed by atoms with Gasteiger partial charge in [0.2, 0.25) is 0 Å². The van der Waals surface area contributed by atoms with Gasteiger partial charge in [0.05, 0.1) is 12.0 Å². The molecule has 1 fully saturated rings. The van der Waals surface area contributed by atoms with Crippen LogP contribution in [-0.2, 0) is 4.79 Å². The van der Waals surface area contributed by atoms with Gasteiger partial charge in [-0.3, -0.25) is 4.79 Å². The molecule has 5 nitrogen and oxygen atoms in total. The Morgan fingerprint density at radius 1 is 1.00 bits per heavy atom. The number of methoxy groups -OCH3 is 1. The van der Waals surface area contributed by atoms with Crippen LogP contribution in [0, 0.1) is 0 Å². The summed E-state index contributed by atoms with van der Waals surface area (Å²) in [7, 11) is 1.68. The van der Waals surface area contributed by atoms with E-state index in [1.807, 2.05) is 23.1 Å². The monoisotopic (exact) mass is 422 g/mol. The minimum atomic E-state index is 0.163. The van der Waals surface area contributed by atoms with Crippen molar-refractivity contribution in [2.75, 3.05) is 44.7 Å². The molecule has 1 atom stereocenters. The van der Waals surface area contributed by atoms with Crippen LogP contribution in [0.1, 0.15) is 16.5 Å². The summed E-state index contributed by atoms with van der Waals surface area (Å²) >= 11 is 1.74. The summed E-state index contributed by atoms with van der Waals surface area (Å²) in [6, 6.07) is 22.9. The summed E-state index contributed by atoms with van der Waals surface area (Å²) < 4.78 is 5.24. The Morgan fingerprint density at radius 3 is 2.37 bits per heavy atom. The van der Waals surface area contributed by atoms with Crippen molar-refractivity contribution in [1.29, 1.82) is 0 Å². The summed E-state index contributed by atoms with van der Waals surface area (Å²) in [6.07, 6.45) is 0. The molecule has 30 heavy (non-hydrogen) atoms. The summed E-state index contributed by atoms with van der Waals surface area (Å²) in [6.45, 7) is 3.68. The van der Waals surface area contributed by atoms with Crippen LogP contribution in [0.25, 0.3) is 0 Å². The number of piperazine rings is 1. The number of ether oxygens (including phenoxy) is 1. The van der Waals surface area contributed by atoms with Crippen LogP contribution in [0.3, 0.4) is 0 Å². The number of thiophene rings is 1. The Labute approximate surface area is 181 Å². The summed E-state index contributed by atoms with van der Waals surface area (Å²) in [4.78, 5) is 18.5. The van der Waals surface area contributed by atoms with Gasteiger partial charge >= 0.3 is 0 Å². The van der Waals surface area contributed by atoms with Gasteiger partial charge in [0.25, 0.3) is 5.91 Å². The lowest BCUT2D eigenvalue weighted by atomic mass is 10.1. The molecule has 3 aromatic rings. The average molecular weight is 423 g/mol. The van der Waals surface area contributed by atoms with Gasteiger partial charge in [-0.2, -0.15) is 0 Å². The number of carbonyl (C=O) groups excluding carboxylic acids is 1. The van der Waals surface area contributed by atoms with Crippen LogP contribution >= 0.6 is 11.3 Å². The van der Waals surface area contributed by atoms with E-state index in [0.717, 1.165) is 31.9 Å². The second-order valence-corrected chi connectivity index (χ2v) is 8.39. The molecule has 6 heteroatoms. The molecule has 1 amide bonds. The van der Waals surface area contributed by atoms with Gasteiger partial charge in [-0.15, -0.1) is 11.3 Å². The van der Waals surface area contributed by atoms with Crippen LogP contribution in [0.5, 0.6) is 5.75 Å². The predicted octanol–water partition coefficient (Wildman–Crippen LogP) is 2.76. The molecule has 1 aliphatic heterocycles. The average Bonchev–Trinajstić information content (AvgIpc) is 3.35. The van der Waals surface area contributed by atoms with E-state index in [0.29, 0.717) is 6.54 Å². The van der Waals surface area contributed by atoms with Crippen LogP contribution in [0.2, 0.25) is 0 Å². The van der Waals surface area contributed by atoms with Crippen LogP contribution < -0.4 is 15.0 Å². The number of quaternary nitrogens is 1. The van der Waals surface area contributed by atoms with Crippen molar-refractivity contribution < 1.29 is 14.8 Å². The fourth-order valence-corrected chi connectivity index (χ4v) is 4.75. The molecular formula is C24H28N3O2S+. The molecular weight excluding hydrogens is 394 g/mol. The first-order chi connectivity index (χ1) is 14.7. The molecule has 1 aromatic heterocycles. The van der Waals surface area contributed by atoms with E-state index >= 15 is 0 Å². The zero-order valence-electron chi connectivity index (χ0n) is 17.2. The Kier molecular flexibility index (Phi) is 6.67. The molecule has 0 bridgehead atoms. The summed E-state index contributed by atoms with van der Waals surface area (Å²) in [5.74, 6) is 1.07. The normalized spacial score (nSPS) is 15.1. The number of benzene rings is 2. The van der Waals surface area contributed by atoms with E-state index in [1.54, 1.807) is 18.4 Å². The fourth-order valence-electron chi connectivity index (χ4n) is 3.90. The molecule has 2 N–H and O–H groups in total. The second kappa shape index (κ2) is 9.78. The van der Waals surface area contributed by atoms with Crippen molar-refractivity contribution in [3.8, 4) is 5.75 Å². The molecule has 0 radical (unpaired) electrons. The van der Waals surface area contributed by atoms with Gasteiger partial charge in [-0.05, 0) is 35.7 Å². The number of hydrogen-bond acceptors (Lipinski definition) is 4.